The Morgan fingerprint density at radius 3 is 1.01 bits per heavy atom. The van der Waals surface area contributed by atoms with E-state index in [9.17, 15) is 17.6 Å². The van der Waals surface area contributed by atoms with Crippen LogP contribution in [0.25, 0.3) is 90.6 Å². The molecule has 0 aliphatic heterocycles. The van der Waals surface area contributed by atoms with Gasteiger partial charge in [-0.15, -0.1) is 140 Å². The average Bonchev–Trinajstić information content (AvgIpc) is 1.59. The molecule has 102 heavy (non-hydrogen) atoms. The van der Waals surface area contributed by atoms with Crippen molar-refractivity contribution in [2.24, 2.45) is 0 Å². The third-order valence-electron chi connectivity index (χ3n) is 16.0. The maximum atomic E-state index is 13.4. The number of halogens is 4. The first-order valence-corrected chi connectivity index (χ1v) is 32.4. The molecular formula is C82H72F4Ir4N12-4. The molecule has 528 valence electrons. The van der Waals surface area contributed by atoms with Crippen LogP contribution in [0.4, 0.5) is 17.6 Å². The molecule has 14 aromatic rings. The summed E-state index contributed by atoms with van der Waals surface area (Å²) in [6.07, 6.45) is 0. The van der Waals surface area contributed by atoms with Crippen molar-refractivity contribution in [3.05, 3.63) is 312 Å². The van der Waals surface area contributed by atoms with Crippen molar-refractivity contribution in [3.8, 4) is 90.6 Å². The first kappa shape index (κ1) is 80.4. The van der Waals surface area contributed by atoms with Crippen molar-refractivity contribution >= 4 is 0 Å². The molecule has 10 aromatic carbocycles. The van der Waals surface area contributed by atoms with Crippen LogP contribution in [0.3, 0.4) is 0 Å². The van der Waals surface area contributed by atoms with E-state index in [1.807, 2.05) is 106 Å². The molecule has 0 spiro atoms. The van der Waals surface area contributed by atoms with Crippen LogP contribution in [-0.2, 0) is 80.4 Å². The monoisotopic (exact) mass is 2070 g/mol. The van der Waals surface area contributed by atoms with E-state index in [4.69, 9.17) is 0 Å². The van der Waals surface area contributed by atoms with Gasteiger partial charge in [0.2, 0.25) is 0 Å². The number of hydrogen-bond acceptors (Lipinski definition) is 8. The summed E-state index contributed by atoms with van der Waals surface area (Å²) in [5.41, 5.74) is 13.7. The van der Waals surface area contributed by atoms with Crippen LogP contribution in [0.1, 0.15) is 113 Å². The molecule has 0 aliphatic carbocycles. The summed E-state index contributed by atoms with van der Waals surface area (Å²) in [4.78, 5) is 0. The molecule has 4 heterocycles. The summed E-state index contributed by atoms with van der Waals surface area (Å²) in [5, 5.41) is 34.9. The summed E-state index contributed by atoms with van der Waals surface area (Å²) in [6, 6.07) is 82.5. The minimum Gasteiger partial charge on any atom is -0.320 e. The number of aromatic nitrogens is 12. The van der Waals surface area contributed by atoms with E-state index in [1.165, 1.54) is 48.5 Å². The van der Waals surface area contributed by atoms with Crippen LogP contribution in [0, 0.1) is 61.4 Å². The molecule has 0 atom stereocenters. The standard InChI is InChI=1S/2C23H19FN3.C19H19FN3.C17H15FN3.4Ir/c1-16(2)22-25-26-23(18-12-14-19(24)15-13-18)27(22)21-11-7-6-10-20(21)17-8-4-3-5-9-17;1-16(2)22-25-26-23(18-11-13-20(24)14-12-18)27(22)21-10-6-9-19(15-21)17-7-4-3-5-8-17;1-12(2)18-21-22-19(15-8-10-16(20)11-9-15)23(18)17-13(3)6-5-7-14(17)4;1-12(2)16-19-20-17(13-8-10-14(18)11-9-13)21(16)15-6-4-3-5-7-15;;;;/h3-12,14-16H,1-2H3;3-11,13-16H,1-2H3;5-8,10-12H,1-4H3;3-8,10-12H,1-2H3;;;;/q4*-1;;;;. The number of rotatable bonds is 14. The molecular weight excluding hydrogens is 2000 g/mol. The van der Waals surface area contributed by atoms with Crippen LogP contribution in [0.5, 0.6) is 0 Å². The summed E-state index contributed by atoms with van der Waals surface area (Å²) < 4.78 is 61.1. The Balaban J connectivity index is 0.000000189. The van der Waals surface area contributed by atoms with E-state index in [0.717, 1.165) is 90.6 Å². The van der Waals surface area contributed by atoms with Crippen LogP contribution in [-0.4, -0.2) is 59.1 Å². The van der Waals surface area contributed by atoms with Gasteiger partial charge in [0.15, 0.2) is 0 Å². The normalized spacial score (nSPS) is 10.7. The summed E-state index contributed by atoms with van der Waals surface area (Å²) in [7, 11) is 0. The zero-order valence-electron chi connectivity index (χ0n) is 57.5. The molecule has 0 amide bonds. The quantitative estimate of drug-likeness (QED) is 0.0779. The number of aryl methyl sites for hydroxylation is 2. The van der Waals surface area contributed by atoms with Gasteiger partial charge >= 0.3 is 0 Å². The fourth-order valence-corrected chi connectivity index (χ4v) is 11.2. The van der Waals surface area contributed by atoms with Gasteiger partial charge in [-0.2, -0.15) is 20.4 Å². The SMILES string of the molecule is CC(C)c1nnc(-c2[c-]cc(F)cc2)n1-c1cccc(-c2ccccc2)c1.CC(C)c1nnc(-c2[c-]cc(F)cc2)n1-c1ccccc1.CC(C)c1nnc(-c2[c-]cc(F)cc2)n1-c1ccccc1-c1ccccc1.Cc1cccc(C)c1-n1c(-c2[c-]cc(F)cc2)nnc1C(C)C.[Ir].[Ir].[Ir].[Ir]. The van der Waals surface area contributed by atoms with Crippen LogP contribution < -0.4 is 0 Å². The molecule has 0 saturated carbocycles. The maximum Gasteiger partial charge on any atom is 0.131 e. The minimum atomic E-state index is -0.321. The van der Waals surface area contributed by atoms with E-state index in [2.05, 4.69) is 204 Å². The molecule has 0 saturated heterocycles. The van der Waals surface area contributed by atoms with Gasteiger partial charge in [0.1, 0.15) is 23.3 Å². The second kappa shape index (κ2) is 37.3. The van der Waals surface area contributed by atoms with Crippen molar-refractivity contribution in [2.75, 3.05) is 0 Å². The van der Waals surface area contributed by atoms with Gasteiger partial charge in [0.25, 0.3) is 0 Å². The van der Waals surface area contributed by atoms with E-state index < -0.39 is 0 Å². The van der Waals surface area contributed by atoms with Gasteiger partial charge in [-0.25, -0.2) is 0 Å². The first-order valence-electron chi connectivity index (χ1n) is 32.4. The van der Waals surface area contributed by atoms with Gasteiger partial charge in [-0.3, -0.25) is 17.6 Å². The molecule has 0 bridgehead atoms. The molecule has 20 heteroatoms. The molecule has 0 aliphatic rings. The second-order valence-electron chi connectivity index (χ2n) is 24.5. The Morgan fingerprint density at radius 1 is 0.294 bits per heavy atom. The Hall–Kier alpha value is -8.92. The van der Waals surface area contributed by atoms with Gasteiger partial charge in [0, 0.05) is 156 Å². The van der Waals surface area contributed by atoms with Gasteiger partial charge in [-0.05, 0) is 72.0 Å². The molecule has 0 fully saturated rings. The van der Waals surface area contributed by atoms with E-state index in [1.54, 1.807) is 24.3 Å². The number of hydrogen-bond donors (Lipinski definition) is 0. The van der Waals surface area contributed by atoms with Crippen molar-refractivity contribution in [2.45, 2.75) is 92.9 Å². The van der Waals surface area contributed by atoms with E-state index >= 15 is 0 Å². The maximum absolute atomic E-state index is 13.4. The summed E-state index contributed by atoms with van der Waals surface area (Å²) in [6.45, 7) is 20.8. The molecule has 4 aromatic heterocycles. The smallest absolute Gasteiger partial charge is 0.131 e. The minimum absolute atomic E-state index is 0. The third-order valence-corrected chi connectivity index (χ3v) is 16.0. The average molecular weight is 2070 g/mol. The topological polar surface area (TPSA) is 123 Å². The number of benzene rings is 10. The Bertz CT molecular complexity index is 4910. The Morgan fingerprint density at radius 2 is 0.608 bits per heavy atom. The van der Waals surface area contributed by atoms with Crippen molar-refractivity contribution in [1.29, 1.82) is 0 Å². The van der Waals surface area contributed by atoms with Crippen LogP contribution in [0.15, 0.2) is 231 Å². The predicted molar refractivity (Wildman–Crippen MR) is 379 cm³/mol. The summed E-state index contributed by atoms with van der Waals surface area (Å²) >= 11 is 0. The molecule has 14 rings (SSSR count). The fraction of sp³-hybridized carbons (Fsp3) is 0.171. The molecule has 0 N–H and O–H groups in total. The first-order chi connectivity index (χ1) is 47.4. The van der Waals surface area contributed by atoms with Gasteiger partial charge in [-0.1, -0.05) is 183 Å². The molecule has 4 radical (unpaired) electrons. The summed E-state index contributed by atoms with van der Waals surface area (Å²) in [5.74, 6) is 5.68. The van der Waals surface area contributed by atoms with E-state index in [0.29, 0.717) is 34.4 Å². The molecule has 12 nitrogen and oxygen atoms in total. The largest absolute Gasteiger partial charge is 0.320 e. The third kappa shape index (κ3) is 18.8. The van der Waals surface area contributed by atoms with Crippen LogP contribution in [0.2, 0.25) is 0 Å². The van der Waals surface area contributed by atoms with Crippen molar-refractivity contribution in [1.82, 2.24) is 59.1 Å². The fourth-order valence-electron chi connectivity index (χ4n) is 11.2. The number of nitrogens with zero attached hydrogens (tertiary/aromatic N) is 12. The predicted octanol–water partition coefficient (Wildman–Crippen LogP) is 19.9. The number of para-hydroxylation sites is 3. The van der Waals surface area contributed by atoms with Crippen molar-refractivity contribution < 1.29 is 98.0 Å². The van der Waals surface area contributed by atoms with Crippen molar-refractivity contribution in [3.63, 3.8) is 0 Å². The van der Waals surface area contributed by atoms with Gasteiger partial charge in [0.05, 0.1) is 23.3 Å². The van der Waals surface area contributed by atoms with Gasteiger partial charge < -0.3 is 18.3 Å². The molecule has 0 unspecified atom stereocenters. The second-order valence-corrected chi connectivity index (χ2v) is 24.5. The van der Waals surface area contributed by atoms with Crippen LogP contribution >= 0.6 is 0 Å². The zero-order valence-corrected chi connectivity index (χ0v) is 67.0. The van der Waals surface area contributed by atoms with E-state index in [-0.39, 0.29) is 127 Å². The Kier molecular flexibility index (Phi) is 29.4. The zero-order chi connectivity index (χ0) is 69.0. The Labute approximate surface area is 647 Å².